The molecule has 3 rings (SSSR count). The van der Waals surface area contributed by atoms with E-state index < -0.39 is 0 Å². The Morgan fingerprint density at radius 1 is 1.19 bits per heavy atom. The number of piperidine rings is 1. The first-order chi connectivity index (χ1) is 12.7. The van der Waals surface area contributed by atoms with Crippen LogP contribution in [0.5, 0.6) is 5.75 Å². The Balaban J connectivity index is 1.55. The maximum absolute atomic E-state index is 12.6. The van der Waals surface area contributed by atoms with Crippen molar-refractivity contribution in [2.24, 2.45) is 5.92 Å². The van der Waals surface area contributed by atoms with Gasteiger partial charge in [0.25, 0.3) is 0 Å². The molecule has 1 N–H and O–H groups in total. The number of para-hydroxylation sites is 1. The van der Waals surface area contributed by atoms with Gasteiger partial charge in [0.2, 0.25) is 5.91 Å². The molecule has 5 heteroatoms. The molecule has 4 nitrogen and oxygen atoms in total. The van der Waals surface area contributed by atoms with Gasteiger partial charge in [-0.3, -0.25) is 9.69 Å². The van der Waals surface area contributed by atoms with E-state index in [9.17, 15) is 4.79 Å². The zero-order valence-corrected chi connectivity index (χ0v) is 15.8. The van der Waals surface area contributed by atoms with Crippen LogP contribution in [-0.4, -0.2) is 31.0 Å². The number of carbonyl (C=O) groups excluding carboxylic acids is 1. The molecule has 1 aliphatic rings. The highest BCUT2D eigenvalue weighted by Crippen LogP contribution is 2.23. The van der Waals surface area contributed by atoms with Crippen LogP contribution in [-0.2, 0) is 17.9 Å². The highest BCUT2D eigenvalue weighted by atomic mass is 35.5. The SMILES string of the molecule is COc1ccccc1CNC(=O)[C@@H]1CCCN(Cc2ccccc2Cl)C1. The molecule has 0 saturated carbocycles. The molecule has 1 heterocycles. The molecule has 138 valence electrons. The number of hydrogen-bond acceptors (Lipinski definition) is 3. The van der Waals surface area contributed by atoms with Crippen molar-refractivity contribution in [3.63, 3.8) is 0 Å². The lowest BCUT2D eigenvalue weighted by molar-refractivity contribution is -0.126. The van der Waals surface area contributed by atoms with E-state index in [0.717, 1.165) is 54.4 Å². The molecular formula is C21H25ClN2O2. The Labute approximate surface area is 160 Å². The Bertz CT molecular complexity index is 750. The smallest absolute Gasteiger partial charge is 0.224 e. The quantitative estimate of drug-likeness (QED) is 0.836. The van der Waals surface area contributed by atoms with Gasteiger partial charge in [0, 0.05) is 30.2 Å². The predicted octanol–water partition coefficient (Wildman–Crippen LogP) is 3.88. The van der Waals surface area contributed by atoms with Gasteiger partial charge in [-0.2, -0.15) is 0 Å². The van der Waals surface area contributed by atoms with Crippen LogP contribution in [0.3, 0.4) is 0 Å². The summed E-state index contributed by atoms with van der Waals surface area (Å²) in [5, 5.41) is 3.85. The molecule has 0 bridgehead atoms. The second-order valence-electron chi connectivity index (χ2n) is 6.70. The number of hydrogen-bond donors (Lipinski definition) is 1. The minimum atomic E-state index is 0.0148. The largest absolute Gasteiger partial charge is 0.496 e. The van der Waals surface area contributed by atoms with Crippen LogP contribution in [0, 0.1) is 5.92 Å². The van der Waals surface area contributed by atoms with E-state index in [-0.39, 0.29) is 11.8 Å². The van der Waals surface area contributed by atoms with Crippen LogP contribution in [0.15, 0.2) is 48.5 Å². The van der Waals surface area contributed by atoms with Crippen molar-refractivity contribution >= 4 is 17.5 Å². The average molecular weight is 373 g/mol. The number of methoxy groups -OCH3 is 1. The van der Waals surface area contributed by atoms with Gasteiger partial charge in [0.05, 0.1) is 13.0 Å². The lowest BCUT2D eigenvalue weighted by Crippen LogP contribution is -2.42. The van der Waals surface area contributed by atoms with Gasteiger partial charge in [-0.1, -0.05) is 48.0 Å². The van der Waals surface area contributed by atoms with E-state index in [2.05, 4.69) is 10.2 Å². The summed E-state index contributed by atoms with van der Waals surface area (Å²) in [6.07, 6.45) is 1.95. The van der Waals surface area contributed by atoms with Crippen LogP contribution in [0.2, 0.25) is 5.02 Å². The minimum Gasteiger partial charge on any atom is -0.496 e. The maximum atomic E-state index is 12.6. The molecule has 0 spiro atoms. The number of halogens is 1. The summed E-state index contributed by atoms with van der Waals surface area (Å²) in [6.45, 7) is 3.05. The first-order valence-electron chi connectivity index (χ1n) is 9.02. The molecule has 1 saturated heterocycles. The van der Waals surface area contributed by atoms with E-state index in [4.69, 9.17) is 16.3 Å². The van der Waals surface area contributed by atoms with Gasteiger partial charge in [-0.15, -0.1) is 0 Å². The highest BCUT2D eigenvalue weighted by molar-refractivity contribution is 6.31. The summed E-state index contributed by atoms with van der Waals surface area (Å²) in [5.74, 6) is 0.928. The van der Waals surface area contributed by atoms with Crippen LogP contribution in [0.4, 0.5) is 0 Å². The molecule has 1 aliphatic heterocycles. The van der Waals surface area contributed by atoms with Crippen molar-refractivity contribution in [2.75, 3.05) is 20.2 Å². The summed E-state index contributed by atoms with van der Waals surface area (Å²) in [4.78, 5) is 14.9. The Morgan fingerprint density at radius 3 is 2.69 bits per heavy atom. The lowest BCUT2D eigenvalue weighted by Gasteiger charge is -2.32. The number of likely N-dealkylation sites (tertiary alicyclic amines) is 1. The zero-order chi connectivity index (χ0) is 18.4. The van der Waals surface area contributed by atoms with Gasteiger partial charge >= 0.3 is 0 Å². The standard InChI is InChI=1S/C21H25ClN2O2/c1-26-20-11-5-3-7-16(20)13-23-21(25)18-9-6-12-24(15-18)14-17-8-2-4-10-19(17)22/h2-5,7-8,10-11,18H,6,9,12-15H2,1H3,(H,23,25)/t18-/m1/s1. The van der Waals surface area contributed by atoms with Crippen molar-refractivity contribution in [2.45, 2.75) is 25.9 Å². The molecule has 1 fully saturated rings. The molecule has 26 heavy (non-hydrogen) atoms. The van der Waals surface area contributed by atoms with E-state index in [1.54, 1.807) is 7.11 Å². The van der Waals surface area contributed by atoms with Gasteiger partial charge in [0.1, 0.15) is 5.75 Å². The van der Waals surface area contributed by atoms with E-state index >= 15 is 0 Å². The summed E-state index contributed by atoms with van der Waals surface area (Å²) in [6, 6.07) is 15.7. The first-order valence-corrected chi connectivity index (χ1v) is 9.40. The summed E-state index contributed by atoms with van der Waals surface area (Å²) < 4.78 is 5.35. The summed E-state index contributed by atoms with van der Waals surface area (Å²) in [5.41, 5.74) is 2.11. The predicted molar refractivity (Wildman–Crippen MR) is 104 cm³/mol. The van der Waals surface area contributed by atoms with E-state index in [0.29, 0.717) is 6.54 Å². The number of carbonyl (C=O) groups is 1. The first kappa shape index (κ1) is 18.7. The van der Waals surface area contributed by atoms with Gasteiger partial charge in [-0.25, -0.2) is 0 Å². The molecule has 1 atom stereocenters. The third-order valence-electron chi connectivity index (χ3n) is 4.87. The van der Waals surface area contributed by atoms with Crippen LogP contribution >= 0.6 is 11.6 Å². The van der Waals surface area contributed by atoms with Crippen molar-refractivity contribution in [3.8, 4) is 5.75 Å². The second kappa shape index (κ2) is 9.06. The molecule has 0 aliphatic carbocycles. The average Bonchev–Trinajstić information content (AvgIpc) is 2.68. The van der Waals surface area contributed by atoms with E-state index in [1.165, 1.54) is 0 Å². The fourth-order valence-corrected chi connectivity index (χ4v) is 3.65. The van der Waals surface area contributed by atoms with Crippen molar-refractivity contribution in [1.29, 1.82) is 0 Å². The van der Waals surface area contributed by atoms with Crippen LogP contribution < -0.4 is 10.1 Å². The van der Waals surface area contributed by atoms with Crippen LogP contribution in [0.25, 0.3) is 0 Å². The number of nitrogens with zero attached hydrogens (tertiary/aromatic N) is 1. The number of benzene rings is 2. The minimum absolute atomic E-state index is 0.0148. The molecule has 2 aromatic rings. The topological polar surface area (TPSA) is 41.6 Å². The van der Waals surface area contributed by atoms with E-state index in [1.807, 2.05) is 48.5 Å². The monoisotopic (exact) mass is 372 g/mol. The molecule has 0 unspecified atom stereocenters. The number of amides is 1. The van der Waals surface area contributed by atoms with Gasteiger partial charge in [-0.05, 0) is 37.1 Å². The fourth-order valence-electron chi connectivity index (χ4n) is 3.46. The Kier molecular flexibility index (Phi) is 6.53. The highest BCUT2D eigenvalue weighted by Gasteiger charge is 2.26. The van der Waals surface area contributed by atoms with Crippen LogP contribution in [0.1, 0.15) is 24.0 Å². The maximum Gasteiger partial charge on any atom is 0.224 e. The zero-order valence-electron chi connectivity index (χ0n) is 15.1. The third-order valence-corrected chi connectivity index (χ3v) is 5.24. The summed E-state index contributed by atoms with van der Waals surface area (Å²) >= 11 is 6.27. The number of rotatable bonds is 6. The molecule has 0 aromatic heterocycles. The molecule has 1 amide bonds. The molecule has 2 aromatic carbocycles. The fraction of sp³-hybridized carbons (Fsp3) is 0.381. The normalized spacial score (nSPS) is 17.7. The molecule has 0 radical (unpaired) electrons. The summed E-state index contributed by atoms with van der Waals surface area (Å²) in [7, 11) is 1.65. The van der Waals surface area contributed by atoms with Crippen molar-refractivity contribution in [3.05, 3.63) is 64.7 Å². The second-order valence-corrected chi connectivity index (χ2v) is 7.10. The molecular weight excluding hydrogens is 348 g/mol. The third kappa shape index (κ3) is 4.77. The van der Waals surface area contributed by atoms with Gasteiger partial charge < -0.3 is 10.1 Å². The number of ether oxygens (including phenoxy) is 1. The van der Waals surface area contributed by atoms with Crippen molar-refractivity contribution < 1.29 is 9.53 Å². The Morgan fingerprint density at radius 2 is 1.92 bits per heavy atom. The number of nitrogens with one attached hydrogen (secondary N) is 1. The Hall–Kier alpha value is -2.04. The van der Waals surface area contributed by atoms with Crippen molar-refractivity contribution in [1.82, 2.24) is 10.2 Å². The van der Waals surface area contributed by atoms with Gasteiger partial charge in [0.15, 0.2) is 0 Å². The lowest BCUT2D eigenvalue weighted by atomic mass is 9.96.